The van der Waals surface area contributed by atoms with Crippen molar-refractivity contribution in [1.29, 1.82) is 0 Å². The molecule has 7 heteroatoms. The molecule has 1 aliphatic heterocycles. The number of rotatable bonds is 6. The van der Waals surface area contributed by atoms with E-state index in [1.807, 2.05) is 24.3 Å². The molecule has 0 aliphatic carbocycles. The number of carbonyl (C=O) groups is 2. The van der Waals surface area contributed by atoms with E-state index in [2.05, 4.69) is 5.32 Å². The van der Waals surface area contributed by atoms with E-state index in [1.54, 1.807) is 30.9 Å². The van der Waals surface area contributed by atoms with E-state index in [0.29, 0.717) is 29.5 Å². The molecule has 0 saturated carbocycles. The topological polar surface area (TPSA) is 77.1 Å². The van der Waals surface area contributed by atoms with Crippen molar-refractivity contribution in [2.45, 2.75) is 20.3 Å². The number of para-hydroxylation sites is 1. The first kappa shape index (κ1) is 20.5. The molecule has 0 saturated heterocycles. The molecule has 2 aromatic rings. The van der Waals surface area contributed by atoms with Gasteiger partial charge in [0.25, 0.3) is 0 Å². The van der Waals surface area contributed by atoms with E-state index < -0.39 is 11.3 Å². The van der Waals surface area contributed by atoms with Crippen LogP contribution in [0.4, 0.5) is 11.4 Å². The Morgan fingerprint density at radius 2 is 1.62 bits per heavy atom. The lowest BCUT2D eigenvalue weighted by atomic mass is 9.90. The van der Waals surface area contributed by atoms with E-state index in [9.17, 15) is 9.59 Å². The number of methoxy groups -OCH3 is 3. The molecule has 1 N–H and O–H groups in total. The number of ether oxygens (including phenoxy) is 3. The normalized spacial score (nSPS) is 12.9. The molecule has 0 unspecified atom stereocenters. The van der Waals surface area contributed by atoms with Gasteiger partial charge in [-0.15, -0.1) is 0 Å². The van der Waals surface area contributed by atoms with Crippen molar-refractivity contribution >= 4 is 23.2 Å². The Hall–Kier alpha value is -3.22. The number of nitrogens with zero attached hydrogens (tertiary/aromatic N) is 1. The number of fused-ring (bicyclic) bond motifs is 1. The lowest BCUT2D eigenvalue weighted by molar-refractivity contribution is -0.136. The average Bonchev–Trinajstić information content (AvgIpc) is 3.16. The second kappa shape index (κ2) is 8.03. The molecule has 1 aliphatic rings. The van der Waals surface area contributed by atoms with Crippen LogP contribution in [0.3, 0.4) is 0 Å². The molecule has 7 nitrogen and oxygen atoms in total. The maximum Gasteiger partial charge on any atom is 0.242 e. The quantitative estimate of drug-likeness (QED) is 0.756. The molecular formula is C22H26N2O5. The maximum atomic E-state index is 13.2. The minimum absolute atomic E-state index is 0.243. The zero-order valence-corrected chi connectivity index (χ0v) is 17.4. The van der Waals surface area contributed by atoms with Crippen molar-refractivity contribution in [1.82, 2.24) is 0 Å². The van der Waals surface area contributed by atoms with Crippen molar-refractivity contribution < 1.29 is 23.8 Å². The minimum atomic E-state index is -1.27. The molecule has 3 rings (SSSR count). The van der Waals surface area contributed by atoms with E-state index in [1.165, 1.54) is 21.3 Å². The number of hydrogen-bond donors (Lipinski definition) is 1. The summed E-state index contributed by atoms with van der Waals surface area (Å²) in [4.78, 5) is 27.9. The number of anilines is 2. The highest BCUT2D eigenvalue weighted by molar-refractivity contribution is 6.15. The first-order valence-electron chi connectivity index (χ1n) is 9.34. The first-order chi connectivity index (χ1) is 13.8. The van der Waals surface area contributed by atoms with Crippen LogP contribution in [0.1, 0.15) is 19.4 Å². The van der Waals surface area contributed by atoms with Crippen LogP contribution in [0.2, 0.25) is 0 Å². The lowest BCUT2D eigenvalue weighted by Crippen LogP contribution is -2.47. The van der Waals surface area contributed by atoms with Gasteiger partial charge in [0.05, 0.1) is 21.3 Å². The summed E-state index contributed by atoms with van der Waals surface area (Å²) in [6, 6.07) is 11.0. The minimum Gasteiger partial charge on any atom is -0.493 e. The van der Waals surface area contributed by atoms with Gasteiger partial charge < -0.3 is 24.4 Å². The number of hydrogen-bond acceptors (Lipinski definition) is 5. The Balaban J connectivity index is 1.84. The zero-order valence-electron chi connectivity index (χ0n) is 17.4. The summed E-state index contributed by atoms with van der Waals surface area (Å²) in [6.07, 6.45) is 0.784. The summed E-state index contributed by atoms with van der Waals surface area (Å²) >= 11 is 0. The second-order valence-electron chi connectivity index (χ2n) is 7.33. The number of carbonyl (C=O) groups excluding carboxylic acids is 2. The molecule has 0 spiro atoms. The third-order valence-corrected chi connectivity index (χ3v) is 5.16. The predicted molar refractivity (Wildman–Crippen MR) is 111 cm³/mol. The summed E-state index contributed by atoms with van der Waals surface area (Å²) < 4.78 is 15.9. The molecule has 29 heavy (non-hydrogen) atoms. The second-order valence-corrected chi connectivity index (χ2v) is 7.33. The van der Waals surface area contributed by atoms with E-state index in [-0.39, 0.29) is 5.91 Å². The van der Waals surface area contributed by atoms with Crippen LogP contribution in [0.15, 0.2) is 36.4 Å². The summed E-state index contributed by atoms with van der Waals surface area (Å²) in [5, 5.41) is 2.81. The van der Waals surface area contributed by atoms with Crippen molar-refractivity contribution in [2.24, 2.45) is 5.41 Å². The van der Waals surface area contributed by atoms with Crippen molar-refractivity contribution in [3.05, 3.63) is 42.0 Å². The molecule has 2 aromatic carbocycles. The van der Waals surface area contributed by atoms with Gasteiger partial charge in [-0.2, -0.15) is 0 Å². The van der Waals surface area contributed by atoms with Crippen molar-refractivity contribution in [2.75, 3.05) is 38.1 Å². The Morgan fingerprint density at radius 3 is 2.21 bits per heavy atom. The molecule has 0 radical (unpaired) electrons. The van der Waals surface area contributed by atoms with E-state index >= 15 is 0 Å². The summed E-state index contributed by atoms with van der Waals surface area (Å²) in [6.45, 7) is 3.83. The summed E-state index contributed by atoms with van der Waals surface area (Å²) in [7, 11) is 4.51. The van der Waals surface area contributed by atoms with Crippen LogP contribution in [0.25, 0.3) is 0 Å². The molecule has 0 atom stereocenters. The Bertz CT molecular complexity index is 914. The fraction of sp³-hybridized carbons (Fsp3) is 0.364. The van der Waals surface area contributed by atoms with Gasteiger partial charge in [0.1, 0.15) is 5.41 Å². The smallest absolute Gasteiger partial charge is 0.242 e. The van der Waals surface area contributed by atoms with Gasteiger partial charge in [0.2, 0.25) is 17.6 Å². The van der Waals surface area contributed by atoms with Gasteiger partial charge in [0.15, 0.2) is 11.5 Å². The number of benzene rings is 2. The van der Waals surface area contributed by atoms with Gasteiger partial charge in [0, 0.05) is 30.1 Å². The van der Waals surface area contributed by atoms with Gasteiger partial charge >= 0.3 is 0 Å². The van der Waals surface area contributed by atoms with Crippen LogP contribution in [-0.2, 0) is 16.0 Å². The van der Waals surface area contributed by atoms with Crippen molar-refractivity contribution in [3.63, 3.8) is 0 Å². The van der Waals surface area contributed by atoms with E-state index in [0.717, 1.165) is 17.7 Å². The van der Waals surface area contributed by atoms with Gasteiger partial charge in [-0.05, 0) is 31.9 Å². The molecule has 2 amide bonds. The fourth-order valence-corrected chi connectivity index (χ4v) is 3.42. The Kier molecular flexibility index (Phi) is 5.68. The molecule has 154 valence electrons. The van der Waals surface area contributed by atoms with Gasteiger partial charge in [-0.3, -0.25) is 9.59 Å². The van der Waals surface area contributed by atoms with Crippen LogP contribution in [-0.4, -0.2) is 39.7 Å². The third-order valence-electron chi connectivity index (χ3n) is 5.16. The van der Waals surface area contributed by atoms with Gasteiger partial charge in [-0.25, -0.2) is 0 Å². The molecule has 1 heterocycles. The zero-order chi connectivity index (χ0) is 21.2. The summed E-state index contributed by atoms with van der Waals surface area (Å²) in [5.41, 5.74) is 1.16. The van der Waals surface area contributed by atoms with Crippen LogP contribution >= 0.6 is 0 Å². The van der Waals surface area contributed by atoms with Crippen LogP contribution in [0.5, 0.6) is 17.2 Å². The standard InChI is InChI=1S/C22H26N2O5/c1-22(2,21(26)24-11-10-14-8-6-7-9-16(14)24)20(25)23-15-12-17(27-3)19(29-5)18(13-15)28-4/h6-9,12-13H,10-11H2,1-5H3,(H,23,25). The molecule has 0 fully saturated rings. The van der Waals surface area contributed by atoms with Crippen LogP contribution in [0, 0.1) is 5.41 Å². The highest BCUT2D eigenvalue weighted by atomic mass is 16.5. The number of nitrogens with one attached hydrogen (secondary N) is 1. The monoisotopic (exact) mass is 398 g/mol. The van der Waals surface area contributed by atoms with Crippen molar-refractivity contribution in [3.8, 4) is 17.2 Å². The van der Waals surface area contributed by atoms with Gasteiger partial charge in [-0.1, -0.05) is 18.2 Å². The Morgan fingerprint density at radius 1 is 1.00 bits per heavy atom. The maximum absolute atomic E-state index is 13.2. The van der Waals surface area contributed by atoms with Crippen LogP contribution < -0.4 is 24.4 Å². The largest absolute Gasteiger partial charge is 0.493 e. The molecular weight excluding hydrogens is 372 g/mol. The fourth-order valence-electron chi connectivity index (χ4n) is 3.42. The molecule has 0 aromatic heterocycles. The van der Waals surface area contributed by atoms with E-state index in [4.69, 9.17) is 14.2 Å². The Labute approximate surface area is 170 Å². The lowest BCUT2D eigenvalue weighted by Gasteiger charge is -2.28. The first-order valence-corrected chi connectivity index (χ1v) is 9.34. The number of amides is 2. The highest BCUT2D eigenvalue weighted by Crippen LogP contribution is 2.40. The average molecular weight is 398 g/mol. The third kappa shape index (κ3) is 3.72. The SMILES string of the molecule is COc1cc(NC(=O)C(C)(C)C(=O)N2CCc3ccccc32)cc(OC)c1OC. The highest BCUT2D eigenvalue weighted by Gasteiger charge is 2.41. The molecule has 0 bridgehead atoms. The predicted octanol–water partition coefficient (Wildman–Crippen LogP) is 3.27. The summed E-state index contributed by atoms with van der Waals surface area (Å²) in [5.74, 6) is 0.602.